The summed E-state index contributed by atoms with van der Waals surface area (Å²) in [4.78, 5) is 14.0. The van der Waals surface area contributed by atoms with Gasteiger partial charge in [-0.2, -0.15) is 5.26 Å². The van der Waals surface area contributed by atoms with Crippen LogP contribution in [-0.2, 0) is 17.9 Å². The SMILES string of the molecule is C=CCNC(=O)CN(Cc1ccc(C#N)cc1)Cc1cccc(F)c1. The van der Waals surface area contributed by atoms with Gasteiger partial charge in [0, 0.05) is 19.6 Å². The summed E-state index contributed by atoms with van der Waals surface area (Å²) < 4.78 is 13.4. The minimum atomic E-state index is -0.299. The van der Waals surface area contributed by atoms with Crippen molar-refractivity contribution in [2.45, 2.75) is 13.1 Å². The number of carbonyl (C=O) groups excluding carboxylic acids is 1. The maximum Gasteiger partial charge on any atom is 0.234 e. The molecule has 5 heteroatoms. The van der Waals surface area contributed by atoms with Crippen LogP contribution in [0.1, 0.15) is 16.7 Å². The quantitative estimate of drug-likeness (QED) is 0.754. The van der Waals surface area contributed by atoms with Gasteiger partial charge < -0.3 is 5.32 Å². The lowest BCUT2D eigenvalue weighted by Gasteiger charge is -2.22. The molecule has 0 aliphatic heterocycles. The van der Waals surface area contributed by atoms with Gasteiger partial charge in [-0.25, -0.2) is 4.39 Å². The summed E-state index contributed by atoms with van der Waals surface area (Å²) in [5.74, 6) is -0.420. The van der Waals surface area contributed by atoms with Gasteiger partial charge >= 0.3 is 0 Å². The van der Waals surface area contributed by atoms with Gasteiger partial charge in [-0.05, 0) is 35.4 Å². The summed E-state index contributed by atoms with van der Waals surface area (Å²) in [6.45, 7) is 5.13. The maximum atomic E-state index is 13.4. The van der Waals surface area contributed by atoms with E-state index in [-0.39, 0.29) is 18.3 Å². The van der Waals surface area contributed by atoms with Crippen LogP contribution in [0.25, 0.3) is 0 Å². The first-order valence-electron chi connectivity index (χ1n) is 7.94. The predicted molar refractivity (Wildman–Crippen MR) is 94.9 cm³/mol. The Bertz CT molecular complexity index is 765. The molecule has 0 unspecified atom stereocenters. The van der Waals surface area contributed by atoms with E-state index in [4.69, 9.17) is 5.26 Å². The average molecular weight is 337 g/mol. The third kappa shape index (κ3) is 6.21. The van der Waals surface area contributed by atoms with Crippen molar-refractivity contribution >= 4 is 5.91 Å². The maximum absolute atomic E-state index is 13.4. The third-order valence-corrected chi connectivity index (χ3v) is 3.60. The fraction of sp³-hybridized carbons (Fsp3) is 0.200. The van der Waals surface area contributed by atoms with E-state index in [1.165, 1.54) is 12.1 Å². The number of carbonyl (C=O) groups is 1. The van der Waals surface area contributed by atoms with E-state index in [9.17, 15) is 9.18 Å². The van der Waals surface area contributed by atoms with Crippen LogP contribution >= 0.6 is 0 Å². The molecule has 0 bridgehead atoms. The normalized spacial score (nSPS) is 10.3. The second-order valence-corrected chi connectivity index (χ2v) is 5.68. The number of hydrogen-bond acceptors (Lipinski definition) is 3. The van der Waals surface area contributed by atoms with Gasteiger partial charge in [-0.3, -0.25) is 9.69 Å². The van der Waals surface area contributed by atoms with Gasteiger partial charge in [0.2, 0.25) is 5.91 Å². The molecule has 0 radical (unpaired) electrons. The van der Waals surface area contributed by atoms with Gasteiger partial charge in [0.15, 0.2) is 0 Å². The molecule has 0 saturated heterocycles. The standard InChI is InChI=1S/C20H20FN3O/c1-2-10-23-20(25)15-24(14-18-4-3-5-19(21)11-18)13-17-8-6-16(12-22)7-9-17/h2-9,11H,1,10,13-15H2,(H,23,25). The zero-order valence-corrected chi connectivity index (χ0v) is 13.9. The minimum absolute atomic E-state index is 0.120. The molecule has 0 atom stereocenters. The van der Waals surface area contributed by atoms with Crippen LogP contribution in [0.15, 0.2) is 61.2 Å². The molecule has 25 heavy (non-hydrogen) atoms. The molecule has 0 heterocycles. The molecular formula is C20H20FN3O. The summed E-state index contributed by atoms with van der Waals surface area (Å²) in [6.07, 6.45) is 1.62. The molecule has 2 aromatic carbocycles. The smallest absolute Gasteiger partial charge is 0.234 e. The van der Waals surface area contributed by atoms with Crippen molar-refractivity contribution in [3.63, 3.8) is 0 Å². The van der Waals surface area contributed by atoms with E-state index < -0.39 is 0 Å². The molecule has 0 saturated carbocycles. The van der Waals surface area contributed by atoms with E-state index in [0.717, 1.165) is 11.1 Å². The first-order chi connectivity index (χ1) is 12.1. The highest BCUT2D eigenvalue weighted by Crippen LogP contribution is 2.12. The highest BCUT2D eigenvalue weighted by Gasteiger charge is 2.12. The lowest BCUT2D eigenvalue weighted by molar-refractivity contribution is -0.122. The van der Waals surface area contributed by atoms with Gasteiger partial charge in [0.25, 0.3) is 0 Å². The molecule has 0 aliphatic rings. The summed E-state index contributed by atoms with van der Waals surface area (Å²) in [5.41, 5.74) is 2.36. The lowest BCUT2D eigenvalue weighted by Crippen LogP contribution is -2.36. The third-order valence-electron chi connectivity index (χ3n) is 3.60. The Morgan fingerprint density at radius 1 is 1.20 bits per heavy atom. The number of benzene rings is 2. The van der Waals surface area contributed by atoms with Gasteiger partial charge in [-0.15, -0.1) is 6.58 Å². The number of rotatable bonds is 8. The lowest BCUT2D eigenvalue weighted by atomic mass is 10.1. The molecule has 0 aliphatic carbocycles. The molecule has 4 nitrogen and oxygen atoms in total. The number of nitriles is 1. The first kappa shape index (κ1) is 18.4. The van der Waals surface area contributed by atoms with Crippen molar-refractivity contribution in [1.82, 2.24) is 10.2 Å². The molecule has 128 valence electrons. The zero-order chi connectivity index (χ0) is 18.1. The van der Waals surface area contributed by atoms with Crippen LogP contribution in [0.5, 0.6) is 0 Å². The number of nitrogens with one attached hydrogen (secondary N) is 1. The second kappa shape index (κ2) is 9.36. The number of nitrogens with zero attached hydrogens (tertiary/aromatic N) is 2. The fourth-order valence-corrected chi connectivity index (χ4v) is 2.45. The second-order valence-electron chi connectivity index (χ2n) is 5.68. The van der Waals surface area contributed by atoms with Crippen molar-refractivity contribution in [2.24, 2.45) is 0 Å². The summed E-state index contributed by atoms with van der Waals surface area (Å²) in [6, 6.07) is 15.6. The fourth-order valence-electron chi connectivity index (χ4n) is 2.45. The monoisotopic (exact) mass is 337 g/mol. The van der Waals surface area contributed by atoms with Crippen LogP contribution in [0.2, 0.25) is 0 Å². The van der Waals surface area contributed by atoms with Gasteiger partial charge in [0.05, 0.1) is 18.2 Å². The largest absolute Gasteiger partial charge is 0.352 e. The molecule has 0 aromatic heterocycles. The van der Waals surface area contributed by atoms with E-state index >= 15 is 0 Å². The number of amides is 1. The Hall–Kier alpha value is -2.97. The Balaban J connectivity index is 2.10. The highest BCUT2D eigenvalue weighted by atomic mass is 19.1. The Morgan fingerprint density at radius 3 is 2.56 bits per heavy atom. The van der Waals surface area contributed by atoms with Crippen LogP contribution in [0.3, 0.4) is 0 Å². The van der Waals surface area contributed by atoms with E-state index in [2.05, 4.69) is 18.0 Å². The van der Waals surface area contributed by atoms with Crippen molar-refractivity contribution in [1.29, 1.82) is 5.26 Å². The summed E-state index contributed by atoms with van der Waals surface area (Å²) in [5, 5.41) is 11.6. The van der Waals surface area contributed by atoms with E-state index in [0.29, 0.717) is 25.2 Å². The number of hydrogen-bond donors (Lipinski definition) is 1. The number of halogens is 1. The zero-order valence-electron chi connectivity index (χ0n) is 13.9. The van der Waals surface area contributed by atoms with E-state index in [1.807, 2.05) is 23.1 Å². The van der Waals surface area contributed by atoms with Crippen molar-refractivity contribution in [2.75, 3.05) is 13.1 Å². The molecule has 1 amide bonds. The molecule has 1 N–H and O–H groups in total. The molecule has 0 fully saturated rings. The van der Waals surface area contributed by atoms with Crippen molar-refractivity contribution < 1.29 is 9.18 Å². The van der Waals surface area contributed by atoms with Gasteiger partial charge in [-0.1, -0.05) is 30.3 Å². The van der Waals surface area contributed by atoms with Crippen LogP contribution in [0.4, 0.5) is 4.39 Å². The Kier molecular flexibility index (Phi) is 6.87. The van der Waals surface area contributed by atoms with Crippen LogP contribution in [0, 0.1) is 17.1 Å². The van der Waals surface area contributed by atoms with Crippen LogP contribution < -0.4 is 5.32 Å². The summed E-state index contributed by atoms with van der Waals surface area (Å²) in [7, 11) is 0. The highest BCUT2D eigenvalue weighted by molar-refractivity contribution is 5.78. The predicted octanol–water partition coefficient (Wildman–Crippen LogP) is 3.00. The van der Waals surface area contributed by atoms with Crippen molar-refractivity contribution in [3.05, 3.63) is 83.7 Å². The molecule has 0 spiro atoms. The average Bonchev–Trinajstić information content (AvgIpc) is 2.60. The molecule has 2 aromatic rings. The molecule has 2 rings (SSSR count). The topological polar surface area (TPSA) is 56.1 Å². The van der Waals surface area contributed by atoms with Gasteiger partial charge in [0.1, 0.15) is 5.82 Å². The summed E-state index contributed by atoms with van der Waals surface area (Å²) >= 11 is 0. The Labute approximate surface area is 147 Å². The minimum Gasteiger partial charge on any atom is -0.352 e. The molecular weight excluding hydrogens is 317 g/mol. The Morgan fingerprint density at radius 2 is 1.92 bits per heavy atom. The van der Waals surface area contributed by atoms with Crippen molar-refractivity contribution in [3.8, 4) is 6.07 Å². The van der Waals surface area contributed by atoms with E-state index in [1.54, 1.807) is 24.3 Å². The first-order valence-corrected chi connectivity index (χ1v) is 7.94. The van der Waals surface area contributed by atoms with Crippen LogP contribution in [-0.4, -0.2) is 23.9 Å².